The Kier molecular flexibility index (Phi) is 5.59. The summed E-state index contributed by atoms with van der Waals surface area (Å²) in [4.78, 5) is 13.9. The first kappa shape index (κ1) is 14.6. The molecule has 0 radical (unpaired) electrons. The molecule has 1 fully saturated rings. The molecule has 2 amide bonds. The molecule has 1 aliphatic rings. The number of ether oxygens (including phenoxy) is 1. The Bertz CT molecular complexity index is 263. The molecule has 0 unspecified atom stereocenters. The van der Waals surface area contributed by atoms with Crippen molar-refractivity contribution in [2.45, 2.75) is 38.8 Å². The molecular weight excluding hydrogens is 236 g/mol. The van der Waals surface area contributed by atoms with Crippen molar-refractivity contribution in [1.82, 2.24) is 10.2 Å². The van der Waals surface area contributed by atoms with Crippen molar-refractivity contribution in [2.75, 3.05) is 31.7 Å². The summed E-state index contributed by atoms with van der Waals surface area (Å²) in [6.07, 6.45) is 2.97. The molecule has 17 heavy (non-hydrogen) atoms. The minimum Gasteiger partial charge on any atom is -0.372 e. The lowest BCUT2D eigenvalue weighted by Gasteiger charge is -2.40. The maximum Gasteiger partial charge on any atom is 0.317 e. The predicted molar refractivity (Wildman–Crippen MR) is 72.6 cm³/mol. The average Bonchev–Trinajstić information content (AvgIpc) is 2.29. The van der Waals surface area contributed by atoms with Gasteiger partial charge < -0.3 is 15.0 Å². The topological polar surface area (TPSA) is 41.6 Å². The van der Waals surface area contributed by atoms with Gasteiger partial charge in [0.05, 0.1) is 18.8 Å². The van der Waals surface area contributed by atoms with Crippen LogP contribution in [0, 0.1) is 0 Å². The van der Waals surface area contributed by atoms with E-state index in [-0.39, 0.29) is 17.7 Å². The van der Waals surface area contributed by atoms with E-state index in [1.807, 2.05) is 18.1 Å². The fraction of sp³-hybridized carbons (Fsp3) is 0.917. The van der Waals surface area contributed by atoms with Crippen LogP contribution in [0.3, 0.4) is 0 Å². The van der Waals surface area contributed by atoms with E-state index in [9.17, 15) is 4.79 Å². The second-order valence-electron chi connectivity index (χ2n) is 4.88. The van der Waals surface area contributed by atoms with Gasteiger partial charge in [0.25, 0.3) is 0 Å². The number of amides is 2. The summed E-state index contributed by atoms with van der Waals surface area (Å²) in [5.41, 5.74) is -0.182. The summed E-state index contributed by atoms with van der Waals surface area (Å²) in [5, 5.41) is 3.02. The van der Waals surface area contributed by atoms with Crippen LogP contribution in [0.4, 0.5) is 4.79 Å². The average molecular weight is 260 g/mol. The van der Waals surface area contributed by atoms with Gasteiger partial charge >= 0.3 is 6.03 Å². The van der Waals surface area contributed by atoms with Crippen LogP contribution in [0.1, 0.15) is 27.2 Å². The van der Waals surface area contributed by atoms with Gasteiger partial charge in [0.1, 0.15) is 0 Å². The quantitative estimate of drug-likeness (QED) is 0.840. The zero-order valence-corrected chi connectivity index (χ0v) is 12.1. The molecular formula is C12H24N2O2S. The van der Waals surface area contributed by atoms with E-state index in [2.05, 4.69) is 19.2 Å². The van der Waals surface area contributed by atoms with Gasteiger partial charge in [-0.1, -0.05) is 6.92 Å². The van der Waals surface area contributed by atoms with Crippen molar-refractivity contribution >= 4 is 17.8 Å². The Labute approximate surface area is 108 Å². The first-order valence-corrected chi connectivity index (χ1v) is 7.58. The summed E-state index contributed by atoms with van der Waals surface area (Å²) in [6, 6.07) is 0.253. The molecule has 0 bridgehead atoms. The summed E-state index contributed by atoms with van der Waals surface area (Å²) in [7, 11) is 0. The van der Waals surface area contributed by atoms with Gasteiger partial charge in [0, 0.05) is 18.3 Å². The third-order valence-corrected chi connectivity index (χ3v) is 3.99. The van der Waals surface area contributed by atoms with Crippen molar-refractivity contribution in [3.63, 3.8) is 0 Å². The number of hydrogen-bond donors (Lipinski definition) is 1. The molecule has 0 aliphatic carbocycles. The zero-order chi connectivity index (χ0) is 12.9. The van der Waals surface area contributed by atoms with Gasteiger partial charge in [0.15, 0.2) is 0 Å². The molecule has 4 nitrogen and oxygen atoms in total. The molecule has 100 valence electrons. The number of hydrogen-bond acceptors (Lipinski definition) is 3. The normalized spacial score (nSPS) is 26.7. The first-order valence-electron chi connectivity index (χ1n) is 6.19. The number of morpholine rings is 1. The molecule has 0 aromatic heterocycles. The highest BCUT2D eigenvalue weighted by Gasteiger charge is 2.32. The fourth-order valence-corrected chi connectivity index (χ4v) is 2.49. The van der Waals surface area contributed by atoms with Crippen molar-refractivity contribution < 1.29 is 9.53 Å². The predicted octanol–water partition coefficient (Wildman–Crippen LogP) is 1.95. The van der Waals surface area contributed by atoms with Crippen LogP contribution in [0.2, 0.25) is 0 Å². The van der Waals surface area contributed by atoms with Crippen LogP contribution >= 0.6 is 11.8 Å². The highest BCUT2D eigenvalue weighted by molar-refractivity contribution is 7.98. The van der Waals surface area contributed by atoms with Crippen LogP contribution in [0.15, 0.2) is 0 Å². The molecule has 0 spiro atoms. The van der Waals surface area contributed by atoms with Crippen molar-refractivity contribution in [3.05, 3.63) is 0 Å². The lowest BCUT2D eigenvalue weighted by atomic mass is 10.0. The van der Waals surface area contributed by atoms with E-state index in [1.54, 1.807) is 11.8 Å². The standard InChI is InChI=1S/C12H24N2O2S/c1-5-12(3)9-14(6-7-16-12)11(15)13-10(2)8-17-4/h10H,5-9H2,1-4H3,(H,13,15)/t10-,12+/m1/s1. The van der Waals surface area contributed by atoms with Gasteiger partial charge in [-0.2, -0.15) is 11.8 Å². The molecule has 0 aromatic carbocycles. The Morgan fingerprint density at radius 3 is 2.94 bits per heavy atom. The number of urea groups is 1. The second kappa shape index (κ2) is 6.50. The van der Waals surface area contributed by atoms with E-state index in [4.69, 9.17) is 4.74 Å². The summed E-state index contributed by atoms with van der Waals surface area (Å²) in [5.74, 6) is 0.946. The van der Waals surface area contributed by atoms with Crippen molar-refractivity contribution in [3.8, 4) is 0 Å². The Balaban J connectivity index is 2.46. The summed E-state index contributed by atoms with van der Waals surface area (Å²) >= 11 is 1.74. The molecule has 1 rings (SSSR count). The molecule has 1 aliphatic heterocycles. The smallest absolute Gasteiger partial charge is 0.317 e. The highest BCUT2D eigenvalue weighted by Crippen LogP contribution is 2.20. The number of nitrogens with one attached hydrogen (secondary N) is 1. The van der Waals surface area contributed by atoms with Gasteiger partial charge in [0.2, 0.25) is 0 Å². The SMILES string of the molecule is CC[C@@]1(C)CN(C(=O)N[C@H](C)CSC)CCO1. The van der Waals surface area contributed by atoms with E-state index < -0.39 is 0 Å². The minimum absolute atomic E-state index is 0.0366. The third kappa shape index (κ3) is 4.39. The van der Waals surface area contributed by atoms with Crippen LogP contribution in [0.5, 0.6) is 0 Å². The van der Waals surface area contributed by atoms with E-state index in [0.29, 0.717) is 19.7 Å². The van der Waals surface area contributed by atoms with E-state index >= 15 is 0 Å². The minimum atomic E-state index is -0.182. The monoisotopic (exact) mass is 260 g/mol. The Morgan fingerprint density at radius 2 is 2.35 bits per heavy atom. The van der Waals surface area contributed by atoms with Gasteiger partial charge in [-0.15, -0.1) is 0 Å². The van der Waals surface area contributed by atoms with Crippen molar-refractivity contribution in [2.24, 2.45) is 0 Å². The molecule has 5 heteroatoms. The highest BCUT2D eigenvalue weighted by atomic mass is 32.2. The van der Waals surface area contributed by atoms with Crippen molar-refractivity contribution in [1.29, 1.82) is 0 Å². The van der Waals surface area contributed by atoms with E-state index in [0.717, 1.165) is 12.2 Å². The zero-order valence-electron chi connectivity index (χ0n) is 11.3. The molecule has 0 aromatic rings. The molecule has 2 atom stereocenters. The van der Waals surface area contributed by atoms with Crippen LogP contribution in [-0.2, 0) is 4.74 Å². The number of nitrogens with zero attached hydrogens (tertiary/aromatic N) is 1. The van der Waals surface area contributed by atoms with Crippen LogP contribution < -0.4 is 5.32 Å². The summed E-state index contributed by atoms with van der Waals surface area (Å²) < 4.78 is 5.72. The molecule has 1 N–H and O–H groups in total. The van der Waals surface area contributed by atoms with Crippen LogP contribution in [-0.4, -0.2) is 54.3 Å². The number of carbonyl (C=O) groups excluding carboxylic acids is 1. The van der Waals surface area contributed by atoms with Crippen LogP contribution in [0.25, 0.3) is 0 Å². The lowest BCUT2D eigenvalue weighted by Crippen LogP contribution is -2.55. The Hall–Kier alpha value is -0.420. The largest absolute Gasteiger partial charge is 0.372 e. The number of carbonyl (C=O) groups is 1. The number of thioether (sulfide) groups is 1. The molecule has 1 heterocycles. The molecule has 1 saturated heterocycles. The Morgan fingerprint density at radius 1 is 1.65 bits per heavy atom. The van der Waals surface area contributed by atoms with Gasteiger partial charge in [-0.05, 0) is 26.5 Å². The molecule has 0 saturated carbocycles. The number of rotatable bonds is 4. The fourth-order valence-electron chi connectivity index (χ4n) is 1.91. The maximum atomic E-state index is 12.0. The lowest BCUT2D eigenvalue weighted by molar-refractivity contribution is -0.0873. The third-order valence-electron chi connectivity index (χ3n) is 3.16. The maximum absolute atomic E-state index is 12.0. The summed E-state index contributed by atoms with van der Waals surface area (Å²) in [6.45, 7) is 8.20. The van der Waals surface area contributed by atoms with Gasteiger partial charge in [-0.3, -0.25) is 0 Å². The van der Waals surface area contributed by atoms with Gasteiger partial charge in [-0.25, -0.2) is 4.79 Å². The second-order valence-corrected chi connectivity index (χ2v) is 5.79. The van der Waals surface area contributed by atoms with E-state index in [1.165, 1.54) is 0 Å². The first-order chi connectivity index (χ1) is 8.00.